The normalized spacial score (nSPS) is 19.4. The van der Waals surface area contributed by atoms with Gasteiger partial charge in [0.2, 0.25) is 11.9 Å². The number of hydrogen-bond donors (Lipinski definition) is 1. The van der Waals surface area contributed by atoms with Crippen LogP contribution in [0.25, 0.3) is 0 Å². The predicted molar refractivity (Wildman–Crippen MR) is 81.1 cm³/mol. The van der Waals surface area contributed by atoms with Crippen molar-refractivity contribution in [1.82, 2.24) is 15.3 Å². The van der Waals surface area contributed by atoms with Crippen LogP contribution in [0, 0.1) is 0 Å². The molecule has 116 valence electrons. The number of hydrogen-bond acceptors (Lipinski definition) is 5. The van der Waals surface area contributed by atoms with E-state index in [9.17, 15) is 4.79 Å². The molecule has 1 atom stereocenters. The Bertz CT molecular complexity index is 458. The summed E-state index contributed by atoms with van der Waals surface area (Å²) < 4.78 is 5.49. The largest absolute Gasteiger partial charge is 0.366 e. The Morgan fingerprint density at radius 2 is 2.14 bits per heavy atom. The maximum absolute atomic E-state index is 11.9. The number of carbonyl (C=O) groups is 1. The zero-order chi connectivity index (χ0) is 15.3. The van der Waals surface area contributed by atoms with Gasteiger partial charge in [-0.05, 0) is 39.7 Å². The monoisotopic (exact) mass is 292 g/mol. The molecule has 2 rings (SSSR count). The van der Waals surface area contributed by atoms with Gasteiger partial charge in [0.25, 0.3) is 0 Å². The Morgan fingerprint density at radius 3 is 2.81 bits per heavy atom. The van der Waals surface area contributed by atoms with Crippen LogP contribution in [0.2, 0.25) is 0 Å². The summed E-state index contributed by atoms with van der Waals surface area (Å²) >= 11 is 0. The van der Waals surface area contributed by atoms with Gasteiger partial charge in [-0.1, -0.05) is 0 Å². The van der Waals surface area contributed by atoms with E-state index in [1.165, 1.54) is 0 Å². The third kappa shape index (κ3) is 5.30. The van der Waals surface area contributed by atoms with Crippen LogP contribution >= 0.6 is 0 Å². The number of nitrogens with zero attached hydrogens (tertiary/aromatic N) is 3. The second-order valence-electron chi connectivity index (χ2n) is 6.30. The first-order chi connectivity index (χ1) is 9.94. The first-order valence-electron chi connectivity index (χ1n) is 7.39. The molecule has 1 aromatic heterocycles. The number of nitrogens with one attached hydrogen (secondary N) is 1. The lowest BCUT2D eigenvalue weighted by Crippen LogP contribution is -2.49. The zero-order valence-electron chi connectivity index (χ0n) is 13.0. The number of anilines is 1. The van der Waals surface area contributed by atoms with Gasteiger partial charge >= 0.3 is 0 Å². The molecule has 0 radical (unpaired) electrons. The first-order valence-corrected chi connectivity index (χ1v) is 7.39. The smallest absolute Gasteiger partial charge is 0.246 e. The molecule has 1 saturated heterocycles. The van der Waals surface area contributed by atoms with E-state index in [1.54, 1.807) is 18.5 Å². The summed E-state index contributed by atoms with van der Waals surface area (Å²) in [7, 11) is 0. The summed E-state index contributed by atoms with van der Waals surface area (Å²) in [6, 6.07) is 1.93. The van der Waals surface area contributed by atoms with Crippen LogP contribution in [-0.2, 0) is 9.53 Å². The van der Waals surface area contributed by atoms with Crippen molar-refractivity contribution in [2.24, 2.45) is 0 Å². The molecule has 21 heavy (non-hydrogen) atoms. The van der Waals surface area contributed by atoms with Crippen LogP contribution < -0.4 is 10.2 Å². The highest BCUT2D eigenvalue weighted by atomic mass is 16.5. The summed E-state index contributed by atoms with van der Waals surface area (Å²) in [5.74, 6) is 0.660. The molecule has 1 N–H and O–H groups in total. The molecule has 6 heteroatoms. The topological polar surface area (TPSA) is 67.3 Å². The lowest BCUT2D eigenvalue weighted by Gasteiger charge is -2.33. The van der Waals surface area contributed by atoms with E-state index in [4.69, 9.17) is 4.74 Å². The molecule has 0 spiro atoms. The average Bonchev–Trinajstić information content (AvgIpc) is 2.46. The van der Waals surface area contributed by atoms with E-state index in [0.717, 1.165) is 31.9 Å². The standard InChI is InChI=1S/C15H24N4O2/c1-15(2,3)21-11-13(20)18-12-6-4-9-19(10-12)14-16-7-5-8-17-14/h5,7-8,12H,4,6,9-11H2,1-3H3,(H,18,20). The van der Waals surface area contributed by atoms with E-state index in [-0.39, 0.29) is 24.2 Å². The van der Waals surface area contributed by atoms with Crippen LogP contribution in [0.5, 0.6) is 0 Å². The van der Waals surface area contributed by atoms with Gasteiger partial charge in [-0.3, -0.25) is 4.79 Å². The van der Waals surface area contributed by atoms with Gasteiger partial charge in [0.15, 0.2) is 0 Å². The molecule has 6 nitrogen and oxygen atoms in total. The fourth-order valence-corrected chi connectivity index (χ4v) is 2.28. The fourth-order valence-electron chi connectivity index (χ4n) is 2.28. The molecule has 1 fully saturated rings. The van der Waals surface area contributed by atoms with Gasteiger partial charge in [0.1, 0.15) is 6.61 Å². The van der Waals surface area contributed by atoms with Crippen LogP contribution in [0.4, 0.5) is 5.95 Å². The summed E-state index contributed by atoms with van der Waals surface area (Å²) in [5, 5.41) is 3.03. The van der Waals surface area contributed by atoms with E-state index in [2.05, 4.69) is 20.2 Å². The molecular formula is C15H24N4O2. The number of carbonyl (C=O) groups excluding carboxylic acids is 1. The van der Waals surface area contributed by atoms with Crippen molar-refractivity contribution >= 4 is 11.9 Å². The maximum Gasteiger partial charge on any atom is 0.246 e. The lowest BCUT2D eigenvalue weighted by atomic mass is 10.1. The molecule has 0 bridgehead atoms. The maximum atomic E-state index is 11.9. The SMILES string of the molecule is CC(C)(C)OCC(=O)NC1CCCN(c2ncccn2)C1. The highest BCUT2D eigenvalue weighted by Crippen LogP contribution is 2.15. The van der Waals surface area contributed by atoms with Gasteiger partial charge in [0.05, 0.1) is 5.60 Å². The minimum absolute atomic E-state index is 0.0641. The Morgan fingerprint density at radius 1 is 1.43 bits per heavy atom. The van der Waals surface area contributed by atoms with Gasteiger partial charge in [-0.2, -0.15) is 0 Å². The van der Waals surface area contributed by atoms with Crippen LogP contribution in [0.15, 0.2) is 18.5 Å². The van der Waals surface area contributed by atoms with Crippen molar-refractivity contribution in [2.75, 3.05) is 24.6 Å². The molecule has 2 heterocycles. The predicted octanol–water partition coefficient (Wildman–Crippen LogP) is 1.38. The third-order valence-electron chi connectivity index (χ3n) is 3.26. The number of piperidine rings is 1. The molecule has 1 amide bonds. The van der Waals surface area contributed by atoms with Crippen molar-refractivity contribution in [1.29, 1.82) is 0 Å². The quantitative estimate of drug-likeness (QED) is 0.908. The number of rotatable bonds is 4. The van der Waals surface area contributed by atoms with Crippen molar-refractivity contribution in [3.05, 3.63) is 18.5 Å². The minimum Gasteiger partial charge on any atom is -0.366 e. The molecule has 0 aromatic carbocycles. The molecule has 0 aliphatic carbocycles. The molecule has 1 aliphatic rings. The fraction of sp³-hybridized carbons (Fsp3) is 0.667. The Labute approximate surface area is 125 Å². The van der Waals surface area contributed by atoms with Gasteiger partial charge in [-0.15, -0.1) is 0 Å². The average molecular weight is 292 g/mol. The lowest BCUT2D eigenvalue weighted by molar-refractivity contribution is -0.131. The minimum atomic E-state index is -0.298. The Kier molecular flexibility index (Phi) is 5.12. The van der Waals surface area contributed by atoms with Crippen LogP contribution in [0.3, 0.4) is 0 Å². The van der Waals surface area contributed by atoms with Gasteiger partial charge in [-0.25, -0.2) is 9.97 Å². The van der Waals surface area contributed by atoms with E-state index < -0.39 is 0 Å². The molecule has 1 unspecified atom stereocenters. The van der Waals surface area contributed by atoms with E-state index in [0.29, 0.717) is 0 Å². The number of amides is 1. The summed E-state index contributed by atoms with van der Waals surface area (Å²) in [6.07, 6.45) is 5.47. The Balaban J connectivity index is 1.83. The second-order valence-corrected chi connectivity index (χ2v) is 6.30. The molecule has 1 aliphatic heterocycles. The third-order valence-corrected chi connectivity index (χ3v) is 3.26. The summed E-state index contributed by atoms with van der Waals surface area (Å²) in [4.78, 5) is 22.5. The summed E-state index contributed by atoms with van der Waals surface area (Å²) in [6.45, 7) is 7.59. The Hall–Kier alpha value is -1.69. The van der Waals surface area contributed by atoms with Crippen LogP contribution in [0.1, 0.15) is 33.6 Å². The molecule has 1 aromatic rings. The van der Waals surface area contributed by atoms with Gasteiger partial charge < -0.3 is 15.0 Å². The van der Waals surface area contributed by atoms with Crippen LogP contribution in [-0.4, -0.2) is 47.2 Å². The van der Waals surface area contributed by atoms with Crippen molar-refractivity contribution in [3.8, 4) is 0 Å². The number of ether oxygens (including phenoxy) is 1. The highest BCUT2D eigenvalue weighted by Gasteiger charge is 2.23. The van der Waals surface area contributed by atoms with Crippen molar-refractivity contribution < 1.29 is 9.53 Å². The molecular weight excluding hydrogens is 268 g/mol. The number of aromatic nitrogens is 2. The van der Waals surface area contributed by atoms with Gasteiger partial charge in [0, 0.05) is 31.5 Å². The second kappa shape index (κ2) is 6.85. The highest BCUT2D eigenvalue weighted by molar-refractivity contribution is 5.77. The zero-order valence-corrected chi connectivity index (χ0v) is 13.0. The first kappa shape index (κ1) is 15.7. The molecule has 0 saturated carbocycles. The van der Waals surface area contributed by atoms with E-state index in [1.807, 2.05) is 20.8 Å². The van der Waals surface area contributed by atoms with E-state index >= 15 is 0 Å². The van der Waals surface area contributed by atoms with Crippen molar-refractivity contribution in [3.63, 3.8) is 0 Å². The summed E-state index contributed by atoms with van der Waals surface area (Å²) in [5.41, 5.74) is -0.298. The van der Waals surface area contributed by atoms with Crippen molar-refractivity contribution in [2.45, 2.75) is 45.3 Å².